The van der Waals surface area contributed by atoms with Gasteiger partial charge in [0.25, 0.3) is 0 Å². The number of rotatable bonds is 4. The van der Waals surface area contributed by atoms with Crippen molar-refractivity contribution in [1.29, 1.82) is 0 Å². The molecule has 0 aliphatic heterocycles. The summed E-state index contributed by atoms with van der Waals surface area (Å²) in [5.41, 5.74) is 0.712. The van der Waals surface area contributed by atoms with E-state index >= 15 is 0 Å². The van der Waals surface area contributed by atoms with Crippen LogP contribution in [0.4, 0.5) is 5.69 Å². The number of nitrogens with two attached hydrogens (primary N) is 1. The van der Waals surface area contributed by atoms with Crippen LogP contribution in [-0.2, 0) is 10.0 Å². The van der Waals surface area contributed by atoms with Crippen molar-refractivity contribution in [1.82, 2.24) is 5.32 Å². The van der Waals surface area contributed by atoms with Gasteiger partial charge in [-0.1, -0.05) is 13.8 Å². The van der Waals surface area contributed by atoms with Crippen molar-refractivity contribution in [2.45, 2.75) is 18.7 Å². The number of hydrogen-bond donors (Lipinski definition) is 3. The Morgan fingerprint density at radius 1 is 1.33 bits per heavy atom. The van der Waals surface area contributed by atoms with Gasteiger partial charge in [0.2, 0.25) is 10.0 Å². The van der Waals surface area contributed by atoms with Crippen molar-refractivity contribution in [3.05, 3.63) is 24.3 Å². The zero-order valence-corrected chi connectivity index (χ0v) is 11.9. The lowest BCUT2D eigenvalue weighted by Gasteiger charge is -2.12. The summed E-state index contributed by atoms with van der Waals surface area (Å²) in [7, 11) is -3.65. The van der Waals surface area contributed by atoms with Gasteiger partial charge in [0, 0.05) is 12.2 Å². The third-order valence-corrected chi connectivity index (χ3v) is 3.29. The molecule has 5 nitrogen and oxygen atoms in total. The van der Waals surface area contributed by atoms with E-state index in [1.807, 2.05) is 0 Å². The summed E-state index contributed by atoms with van der Waals surface area (Å²) < 4.78 is 22.1. The summed E-state index contributed by atoms with van der Waals surface area (Å²) in [6, 6.07) is 6.09. The molecule has 0 aromatic heterocycles. The maximum atomic E-state index is 11.1. The summed E-state index contributed by atoms with van der Waals surface area (Å²) in [4.78, 5) is 0.0779. The number of primary sulfonamides is 1. The highest BCUT2D eigenvalue weighted by Crippen LogP contribution is 2.12. The molecule has 7 heteroatoms. The number of anilines is 1. The van der Waals surface area contributed by atoms with E-state index in [0.717, 1.165) is 6.54 Å². The molecule has 0 bridgehead atoms. The smallest absolute Gasteiger partial charge is 0.238 e. The fourth-order valence-electron chi connectivity index (χ4n) is 1.20. The minimum Gasteiger partial charge on any atom is -0.362 e. The molecule has 0 unspecified atom stereocenters. The van der Waals surface area contributed by atoms with Gasteiger partial charge < -0.3 is 10.6 Å². The number of thiocarbonyl (C=S) groups is 1. The number of benzene rings is 1. The third-order valence-electron chi connectivity index (χ3n) is 2.11. The maximum Gasteiger partial charge on any atom is 0.238 e. The number of hydrogen-bond acceptors (Lipinski definition) is 3. The van der Waals surface area contributed by atoms with E-state index in [9.17, 15) is 8.42 Å². The molecule has 1 aromatic rings. The average Bonchev–Trinajstić information content (AvgIpc) is 2.26. The van der Waals surface area contributed by atoms with Crippen LogP contribution >= 0.6 is 12.2 Å². The molecule has 0 aliphatic carbocycles. The highest BCUT2D eigenvalue weighted by atomic mass is 32.2. The van der Waals surface area contributed by atoms with Gasteiger partial charge in [0.1, 0.15) is 0 Å². The third kappa shape index (κ3) is 4.99. The SMILES string of the molecule is CC(C)CNC(=S)Nc1ccc(S(N)(=O)=O)cc1. The molecular weight excluding hydrogens is 270 g/mol. The van der Waals surface area contributed by atoms with E-state index in [4.69, 9.17) is 17.4 Å². The lowest BCUT2D eigenvalue weighted by Crippen LogP contribution is -2.31. The zero-order valence-electron chi connectivity index (χ0n) is 10.3. The molecule has 0 saturated carbocycles. The minimum absolute atomic E-state index is 0.0779. The zero-order chi connectivity index (χ0) is 13.8. The minimum atomic E-state index is -3.65. The molecule has 0 aliphatic rings. The molecule has 0 atom stereocenters. The van der Waals surface area contributed by atoms with Gasteiger partial charge >= 0.3 is 0 Å². The topological polar surface area (TPSA) is 84.2 Å². The predicted octanol–water partition coefficient (Wildman–Crippen LogP) is 1.28. The van der Waals surface area contributed by atoms with Crippen molar-refractivity contribution in [3.63, 3.8) is 0 Å². The predicted molar refractivity (Wildman–Crippen MR) is 76.9 cm³/mol. The van der Waals surface area contributed by atoms with Crippen molar-refractivity contribution < 1.29 is 8.42 Å². The highest BCUT2D eigenvalue weighted by molar-refractivity contribution is 7.89. The molecule has 0 heterocycles. The summed E-state index contributed by atoms with van der Waals surface area (Å²) in [5.74, 6) is 0.495. The van der Waals surface area contributed by atoms with Gasteiger partial charge in [-0.15, -0.1) is 0 Å². The average molecular weight is 287 g/mol. The fraction of sp³-hybridized carbons (Fsp3) is 0.364. The molecule has 0 saturated heterocycles. The van der Waals surface area contributed by atoms with E-state index in [1.54, 1.807) is 12.1 Å². The van der Waals surface area contributed by atoms with Crippen LogP contribution in [0.25, 0.3) is 0 Å². The Labute approximate surface area is 113 Å². The van der Waals surface area contributed by atoms with Crippen molar-refractivity contribution in [2.24, 2.45) is 11.1 Å². The summed E-state index contributed by atoms with van der Waals surface area (Å²) in [5, 5.41) is 11.5. The Hall–Kier alpha value is -1.18. The van der Waals surface area contributed by atoms with Crippen LogP contribution in [0.1, 0.15) is 13.8 Å². The first-order chi connectivity index (χ1) is 8.29. The van der Waals surface area contributed by atoms with Crippen LogP contribution in [-0.4, -0.2) is 20.1 Å². The van der Waals surface area contributed by atoms with Gasteiger partial charge in [0.05, 0.1) is 4.90 Å². The Morgan fingerprint density at radius 2 is 1.89 bits per heavy atom. The molecule has 100 valence electrons. The van der Waals surface area contributed by atoms with E-state index < -0.39 is 10.0 Å². The Kier molecular flexibility index (Phi) is 5.06. The molecule has 0 amide bonds. The van der Waals surface area contributed by atoms with E-state index in [-0.39, 0.29) is 4.90 Å². The number of nitrogens with one attached hydrogen (secondary N) is 2. The van der Waals surface area contributed by atoms with E-state index in [1.165, 1.54) is 12.1 Å². The van der Waals surface area contributed by atoms with Gasteiger partial charge in [-0.25, -0.2) is 13.6 Å². The van der Waals surface area contributed by atoms with Crippen molar-refractivity contribution in [2.75, 3.05) is 11.9 Å². The van der Waals surface area contributed by atoms with E-state index in [2.05, 4.69) is 24.5 Å². The monoisotopic (exact) mass is 287 g/mol. The largest absolute Gasteiger partial charge is 0.362 e. The first-order valence-electron chi connectivity index (χ1n) is 5.47. The second-order valence-corrected chi connectivity index (χ2v) is 6.27. The second-order valence-electron chi connectivity index (χ2n) is 4.30. The van der Waals surface area contributed by atoms with Gasteiger partial charge in [0.15, 0.2) is 5.11 Å². The van der Waals surface area contributed by atoms with Crippen LogP contribution in [0.2, 0.25) is 0 Å². The molecule has 0 spiro atoms. The Bertz CT molecular complexity index is 510. The Balaban J connectivity index is 2.62. The van der Waals surface area contributed by atoms with Crippen molar-refractivity contribution >= 4 is 33.0 Å². The summed E-state index contributed by atoms with van der Waals surface area (Å²) in [6.45, 7) is 4.94. The lowest BCUT2D eigenvalue weighted by molar-refractivity contribution is 0.598. The molecule has 0 fully saturated rings. The molecular formula is C11H17N3O2S2. The molecule has 1 rings (SSSR count). The number of sulfonamides is 1. The lowest BCUT2D eigenvalue weighted by atomic mass is 10.2. The van der Waals surface area contributed by atoms with Crippen LogP contribution in [0, 0.1) is 5.92 Å². The van der Waals surface area contributed by atoms with Gasteiger partial charge in [-0.05, 0) is 42.4 Å². The molecule has 18 heavy (non-hydrogen) atoms. The van der Waals surface area contributed by atoms with Crippen LogP contribution in [0.5, 0.6) is 0 Å². The molecule has 1 aromatic carbocycles. The quantitative estimate of drug-likeness (QED) is 0.726. The normalized spacial score (nSPS) is 11.3. The maximum absolute atomic E-state index is 11.1. The fourth-order valence-corrected chi connectivity index (χ4v) is 1.92. The molecule has 4 N–H and O–H groups in total. The first-order valence-corrected chi connectivity index (χ1v) is 7.42. The summed E-state index contributed by atoms with van der Waals surface area (Å²) >= 11 is 5.10. The Morgan fingerprint density at radius 3 is 2.33 bits per heavy atom. The van der Waals surface area contributed by atoms with Crippen LogP contribution in [0.3, 0.4) is 0 Å². The van der Waals surface area contributed by atoms with Crippen LogP contribution < -0.4 is 15.8 Å². The second kappa shape index (κ2) is 6.12. The van der Waals surface area contributed by atoms with Crippen LogP contribution in [0.15, 0.2) is 29.2 Å². The van der Waals surface area contributed by atoms with Gasteiger partial charge in [-0.3, -0.25) is 0 Å². The summed E-state index contributed by atoms with van der Waals surface area (Å²) in [6.07, 6.45) is 0. The van der Waals surface area contributed by atoms with Crippen molar-refractivity contribution in [3.8, 4) is 0 Å². The standard InChI is InChI=1S/C11H17N3O2S2/c1-8(2)7-13-11(17)14-9-3-5-10(6-4-9)18(12,15)16/h3-6,8H,7H2,1-2H3,(H2,12,15,16)(H2,13,14,17). The highest BCUT2D eigenvalue weighted by Gasteiger charge is 2.07. The van der Waals surface area contributed by atoms with E-state index in [0.29, 0.717) is 16.7 Å². The first kappa shape index (κ1) is 14.9. The van der Waals surface area contributed by atoms with Gasteiger partial charge in [-0.2, -0.15) is 0 Å². The molecule has 0 radical (unpaired) electrons.